The molecule has 0 aromatic carbocycles. The minimum atomic E-state index is -0.324. The largest absolute Gasteiger partial charge is 0.332 e. The molecule has 2 aromatic rings. The smallest absolute Gasteiger partial charge is 0.328 e. The lowest BCUT2D eigenvalue weighted by Gasteiger charge is -2.07. The quantitative estimate of drug-likeness (QED) is 0.581. The summed E-state index contributed by atoms with van der Waals surface area (Å²) in [6, 6.07) is 0. The molecular formula is C12H16N4O2. The molecule has 6 nitrogen and oxygen atoms in total. The fourth-order valence-electron chi connectivity index (χ4n) is 1.99. The fraction of sp³-hybridized carbons (Fsp3) is 0.417. The van der Waals surface area contributed by atoms with E-state index in [1.165, 1.54) is 9.13 Å². The van der Waals surface area contributed by atoms with E-state index in [-0.39, 0.29) is 11.2 Å². The summed E-state index contributed by atoms with van der Waals surface area (Å²) in [5, 5.41) is 0. The van der Waals surface area contributed by atoms with E-state index in [0.29, 0.717) is 17.7 Å². The molecule has 0 aliphatic heterocycles. The fourth-order valence-corrected chi connectivity index (χ4v) is 1.99. The van der Waals surface area contributed by atoms with Crippen LogP contribution in [0.1, 0.15) is 12.8 Å². The third-order valence-corrected chi connectivity index (χ3v) is 2.99. The standard InChI is InChI=1S/C12H16N4O2/c1-4-5-6-7-16-11(17)9-10(13-8-14(9)2)15(3)12(16)18/h4,8H,1,5-7H2,2-3H3. The normalized spacial score (nSPS) is 11.0. The van der Waals surface area contributed by atoms with Crippen LogP contribution in [0.4, 0.5) is 0 Å². The minimum absolute atomic E-state index is 0.280. The molecule has 0 spiro atoms. The van der Waals surface area contributed by atoms with Crippen LogP contribution in [0.3, 0.4) is 0 Å². The van der Waals surface area contributed by atoms with Crippen LogP contribution in [-0.4, -0.2) is 18.7 Å². The highest BCUT2D eigenvalue weighted by molar-refractivity contribution is 5.69. The highest BCUT2D eigenvalue weighted by Gasteiger charge is 2.13. The summed E-state index contributed by atoms with van der Waals surface area (Å²) in [5.74, 6) is 0. The maximum absolute atomic E-state index is 12.2. The van der Waals surface area contributed by atoms with Crippen molar-refractivity contribution in [1.82, 2.24) is 18.7 Å². The topological polar surface area (TPSA) is 61.8 Å². The Kier molecular flexibility index (Phi) is 3.18. The second kappa shape index (κ2) is 4.64. The average Bonchev–Trinajstić information content (AvgIpc) is 2.73. The van der Waals surface area contributed by atoms with Gasteiger partial charge in [0.05, 0.1) is 6.33 Å². The molecule has 0 atom stereocenters. The van der Waals surface area contributed by atoms with Gasteiger partial charge in [0.1, 0.15) is 0 Å². The molecular weight excluding hydrogens is 232 g/mol. The van der Waals surface area contributed by atoms with Gasteiger partial charge in [0.2, 0.25) is 0 Å². The van der Waals surface area contributed by atoms with E-state index in [1.807, 2.05) is 0 Å². The van der Waals surface area contributed by atoms with Crippen LogP contribution in [0, 0.1) is 0 Å². The number of aryl methyl sites for hydroxylation is 2. The molecule has 0 unspecified atom stereocenters. The maximum Gasteiger partial charge on any atom is 0.332 e. The van der Waals surface area contributed by atoms with Crippen molar-refractivity contribution in [2.45, 2.75) is 19.4 Å². The molecule has 0 bridgehead atoms. The second-order valence-corrected chi connectivity index (χ2v) is 4.26. The molecule has 2 aromatic heterocycles. The monoisotopic (exact) mass is 248 g/mol. The summed E-state index contributed by atoms with van der Waals surface area (Å²) < 4.78 is 4.30. The molecule has 96 valence electrons. The van der Waals surface area contributed by atoms with E-state index >= 15 is 0 Å². The molecule has 6 heteroatoms. The Hall–Kier alpha value is -2.11. The molecule has 18 heavy (non-hydrogen) atoms. The van der Waals surface area contributed by atoms with E-state index < -0.39 is 0 Å². The second-order valence-electron chi connectivity index (χ2n) is 4.26. The number of allylic oxidation sites excluding steroid dienone is 1. The number of hydrogen-bond donors (Lipinski definition) is 0. The third kappa shape index (κ3) is 1.79. The lowest BCUT2D eigenvalue weighted by atomic mass is 10.3. The van der Waals surface area contributed by atoms with Gasteiger partial charge in [0.15, 0.2) is 11.2 Å². The first-order valence-corrected chi connectivity index (χ1v) is 5.79. The van der Waals surface area contributed by atoms with Gasteiger partial charge < -0.3 is 4.57 Å². The summed E-state index contributed by atoms with van der Waals surface area (Å²) in [4.78, 5) is 28.4. The predicted octanol–water partition coefficient (Wildman–Crippen LogP) is 0.400. The van der Waals surface area contributed by atoms with Gasteiger partial charge in [0.25, 0.3) is 5.56 Å². The predicted molar refractivity (Wildman–Crippen MR) is 69.6 cm³/mol. The van der Waals surface area contributed by atoms with Gasteiger partial charge >= 0.3 is 5.69 Å². The Morgan fingerprint density at radius 1 is 1.39 bits per heavy atom. The lowest BCUT2D eigenvalue weighted by molar-refractivity contribution is 0.576. The maximum atomic E-state index is 12.2. The Bertz CT molecular complexity index is 705. The summed E-state index contributed by atoms with van der Waals surface area (Å²) in [7, 11) is 3.37. The Morgan fingerprint density at radius 3 is 2.78 bits per heavy atom. The van der Waals surface area contributed by atoms with Gasteiger partial charge in [-0.05, 0) is 12.8 Å². The number of aromatic nitrogens is 4. The first-order valence-electron chi connectivity index (χ1n) is 5.79. The summed E-state index contributed by atoms with van der Waals surface area (Å²) >= 11 is 0. The van der Waals surface area contributed by atoms with Crippen LogP contribution >= 0.6 is 0 Å². The molecule has 0 aliphatic rings. The van der Waals surface area contributed by atoms with Gasteiger partial charge in [-0.15, -0.1) is 6.58 Å². The van der Waals surface area contributed by atoms with Crippen LogP contribution in [0.25, 0.3) is 11.2 Å². The van der Waals surface area contributed by atoms with Crippen LogP contribution in [0.2, 0.25) is 0 Å². The molecule has 0 saturated heterocycles. The van der Waals surface area contributed by atoms with E-state index in [0.717, 1.165) is 12.8 Å². The number of rotatable bonds is 4. The Balaban J connectivity index is 2.66. The van der Waals surface area contributed by atoms with Crippen molar-refractivity contribution in [3.63, 3.8) is 0 Å². The molecule has 0 aliphatic carbocycles. The molecule has 0 amide bonds. The van der Waals surface area contributed by atoms with Crippen LogP contribution in [0.5, 0.6) is 0 Å². The van der Waals surface area contributed by atoms with Gasteiger partial charge in [-0.1, -0.05) is 6.08 Å². The van der Waals surface area contributed by atoms with E-state index in [1.54, 1.807) is 31.1 Å². The number of imidazole rings is 1. The minimum Gasteiger partial charge on any atom is -0.328 e. The van der Waals surface area contributed by atoms with Gasteiger partial charge in [0, 0.05) is 20.6 Å². The Labute approximate surface area is 104 Å². The number of hydrogen-bond acceptors (Lipinski definition) is 3. The van der Waals surface area contributed by atoms with Gasteiger partial charge in [-0.3, -0.25) is 13.9 Å². The van der Waals surface area contributed by atoms with Crippen LogP contribution < -0.4 is 11.2 Å². The summed E-state index contributed by atoms with van der Waals surface area (Å²) in [6.45, 7) is 4.03. The molecule has 0 radical (unpaired) electrons. The highest BCUT2D eigenvalue weighted by Crippen LogP contribution is 2.03. The number of nitrogens with zero attached hydrogens (tertiary/aromatic N) is 4. The lowest BCUT2D eigenvalue weighted by Crippen LogP contribution is -2.39. The van der Waals surface area contributed by atoms with Crippen LogP contribution in [0.15, 0.2) is 28.6 Å². The molecule has 0 saturated carbocycles. The van der Waals surface area contributed by atoms with Crippen molar-refractivity contribution in [1.29, 1.82) is 0 Å². The van der Waals surface area contributed by atoms with Crippen molar-refractivity contribution < 1.29 is 0 Å². The number of fused-ring (bicyclic) bond motifs is 1. The zero-order valence-corrected chi connectivity index (χ0v) is 10.6. The van der Waals surface area contributed by atoms with Crippen molar-refractivity contribution in [3.05, 3.63) is 39.8 Å². The van der Waals surface area contributed by atoms with Gasteiger partial charge in [-0.2, -0.15) is 0 Å². The Morgan fingerprint density at radius 2 is 2.11 bits per heavy atom. The molecule has 2 heterocycles. The van der Waals surface area contributed by atoms with E-state index in [2.05, 4.69) is 11.6 Å². The van der Waals surface area contributed by atoms with Crippen molar-refractivity contribution >= 4 is 11.2 Å². The van der Waals surface area contributed by atoms with Crippen molar-refractivity contribution in [2.75, 3.05) is 0 Å². The molecule has 2 rings (SSSR count). The first kappa shape index (κ1) is 12.3. The first-order chi connectivity index (χ1) is 8.57. The summed E-state index contributed by atoms with van der Waals surface area (Å²) in [5.41, 5.74) is 0.274. The average molecular weight is 248 g/mol. The van der Waals surface area contributed by atoms with Gasteiger partial charge in [-0.25, -0.2) is 9.78 Å². The van der Waals surface area contributed by atoms with Crippen LogP contribution in [-0.2, 0) is 20.6 Å². The van der Waals surface area contributed by atoms with Crippen molar-refractivity contribution in [3.8, 4) is 0 Å². The van der Waals surface area contributed by atoms with Crippen molar-refractivity contribution in [2.24, 2.45) is 14.1 Å². The van der Waals surface area contributed by atoms with E-state index in [9.17, 15) is 9.59 Å². The number of unbranched alkanes of at least 4 members (excludes halogenated alkanes) is 1. The zero-order valence-electron chi connectivity index (χ0n) is 10.6. The zero-order chi connectivity index (χ0) is 13.3. The highest BCUT2D eigenvalue weighted by atomic mass is 16.2. The van der Waals surface area contributed by atoms with E-state index in [4.69, 9.17) is 0 Å². The third-order valence-electron chi connectivity index (χ3n) is 2.99. The molecule has 0 fully saturated rings. The molecule has 0 N–H and O–H groups in total. The SMILES string of the molecule is C=CCCCn1c(=O)c2c(ncn2C)n(C)c1=O. The summed E-state index contributed by atoms with van der Waals surface area (Å²) in [6.07, 6.45) is 4.82.